The number of halogens is 1. The largest absolute Gasteiger partial charge is 0.349 e. The average Bonchev–Trinajstić information content (AvgIpc) is 3.12. The number of carbonyl (C=O) groups is 1. The first-order valence-electron chi connectivity index (χ1n) is 6.01. The molecular weight excluding hydrogens is 248 g/mol. The van der Waals surface area contributed by atoms with Crippen LogP contribution in [-0.2, 0) is 0 Å². The summed E-state index contributed by atoms with van der Waals surface area (Å²) in [5.41, 5.74) is 2.25. The van der Waals surface area contributed by atoms with E-state index >= 15 is 0 Å². The quantitative estimate of drug-likeness (QED) is 0.902. The lowest BCUT2D eigenvalue weighted by Crippen LogP contribution is -2.26. The van der Waals surface area contributed by atoms with Crippen LogP contribution >= 0.6 is 11.6 Å². The first-order valence-corrected chi connectivity index (χ1v) is 6.39. The van der Waals surface area contributed by atoms with E-state index in [1.807, 2.05) is 25.1 Å². The molecule has 4 heteroatoms. The summed E-state index contributed by atoms with van der Waals surface area (Å²) in [6.07, 6.45) is 2.16. The van der Waals surface area contributed by atoms with Gasteiger partial charge in [0, 0.05) is 16.5 Å². The van der Waals surface area contributed by atoms with E-state index in [1.54, 1.807) is 6.07 Å². The molecule has 1 fully saturated rings. The van der Waals surface area contributed by atoms with Gasteiger partial charge in [-0.1, -0.05) is 11.6 Å². The predicted molar refractivity (Wildman–Crippen MR) is 72.0 cm³/mol. The van der Waals surface area contributed by atoms with E-state index in [4.69, 9.17) is 11.6 Å². The molecule has 1 N–H and O–H groups in total. The minimum atomic E-state index is -0.0376. The Kier molecular flexibility index (Phi) is 2.71. The summed E-state index contributed by atoms with van der Waals surface area (Å²) >= 11 is 5.96. The molecule has 0 atom stereocenters. The van der Waals surface area contributed by atoms with Crippen LogP contribution in [0.2, 0.25) is 5.02 Å². The number of nitrogens with one attached hydrogen (secondary N) is 1. The Bertz CT molecular complexity index is 635. The molecule has 0 radical (unpaired) electrons. The van der Waals surface area contributed by atoms with Crippen molar-refractivity contribution in [2.45, 2.75) is 25.8 Å². The van der Waals surface area contributed by atoms with Crippen molar-refractivity contribution in [1.82, 2.24) is 10.3 Å². The Hall–Kier alpha value is -1.61. The highest BCUT2D eigenvalue weighted by atomic mass is 35.5. The van der Waals surface area contributed by atoms with E-state index in [0.29, 0.717) is 16.6 Å². The third-order valence-corrected chi connectivity index (χ3v) is 3.36. The molecule has 1 amide bonds. The number of nitrogens with zero attached hydrogens (tertiary/aromatic N) is 1. The van der Waals surface area contributed by atoms with Gasteiger partial charge in [-0.3, -0.25) is 9.78 Å². The highest BCUT2D eigenvalue weighted by Crippen LogP contribution is 2.23. The van der Waals surface area contributed by atoms with E-state index in [9.17, 15) is 4.79 Å². The lowest BCUT2D eigenvalue weighted by atomic mass is 10.1. The fourth-order valence-corrected chi connectivity index (χ4v) is 2.14. The number of aryl methyl sites for hydroxylation is 1. The Labute approximate surface area is 110 Å². The monoisotopic (exact) mass is 260 g/mol. The summed E-state index contributed by atoms with van der Waals surface area (Å²) in [5, 5.41) is 4.53. The van der Waals surface area contributed by atoms with Crippen LogP contribution in [0.15, 0.2) is 24.3 Å². The normalized spacial score (nSPS) is 14.8. The van der Waals surface area contributed by atoms with Gasteiger partial charge in [0.2, 0.25) is 0 Å². The number of hydrogen-bond acceptors (Lipinski definition) is 2. The van der Waals surface area contributed by atoms with Gasteiger partial charge in [0.25, 0.3) is 5.91 Å². The van der Waals surface area contributed by atoms with Crippen molar-refractivity contribution in [3.63, 3.8) is 0 Å². The molecule has 1 aromatic heterocycles. The van der Waals surface area contributed by atoms with E-state index in [0.717, 1.165) is 29.4 Å². The average molecular weight is 261 g/mol. The molecule has 1 aliphatic carbocycles. The summed E-state index contributed by atoms with van der Waals surface area (Å²) in [6, 6.07) is 7.72. The first kappa shape index (κ1) is 11.5. The standard InChI is InChI=1S/C14H13ClN2O/c1-8-12(14(18)17-11-3-4-11)7-9-6-10(15)2-5-13(9)16-8/h2,5-7,11H,3-4H2,1H3,(H,17,18). The third kappa shape index (κ3) is 2.18. The first-order chi connectivity index (χ1) is 8.63. The predicted octanol–water partition coefficient (Wildman–Crippen LogP) is 3.09. The summed E-state index contributed by atoms with van der Waals surface area (Å²) in [5.74, 6) is -0.0376. The fourth-order valence-electron chi connectivity index (χ4n) is 1.96. The van der Waals surface area contributed by atoms with Crippen LogP contribution in [0.25, 0.3) is 10.9 Å². The summed E-state index contributed by atoms with van der Waals surface area (Å²) < 4.78 is 0. The van der Waals surface area contributed by atoms with Crippen molar-refractivity contribution in [3.8, 4) is 0 Å². The minimum Gasteiger partial charge on any atom is -0.349 e. The molecule has 1 heterocycles. The molecule has 0 aliphatic heterocycles. The summed E-state index contributed by atoms with van der Waals surface area (Å²) in [4.78, 5) is 16.5. The van der Waals surface area contributed by atoms with Crippen molar-refractivity contribution >= 4 is 28.4 Å². The van der Waals surface area contributed by atoms with Gasteiger partial charge in [-0.2, -0.15) is 0 Å². The number of fused-ring (bicyclic) bond motifs is 1. The maximum Gasteiger partial charge on any atom is 0.253 e. The maximum absolute atomic E-state index is 12.1. The molecule has 0 saturated heterocycles. The molecule has 0 spiro atoms. The van der Waals surface area contributed by atoms with Gasteiger partial charge >= 0.3 is 0 Å². The molecule has 92 valence electrons. The SMILES string of the molecule is Cc1nc2ccc(Cl)cc2cc1C(=O)NC1CC1. The number of pyridine rings is 1. The van der Waals surface area contributed by atoms with Gasteiger partial charge < -0.3 is 5.32 Å². The molecule has 3 nitrogen and oxygen atoms in total. The number of benzene rings is 1. The van der Waals surface area contributed by atoms with Gasteiger partial charge in [-0.05, 0) is 44.0 Å². The van der Waals surface area contributed by atoms with Crippen LogP contribution in [0, 0.1) is 6.92 Å². The summed E-state index contributed by atoms with van der Waals surface area (Å²) in [6.45, 7) is 1.86. The van der Waals surface area contributed by atoms with Gasteiger partial charge in [-0.25, -0.2) is 0 Å². The lowest BCUT2D eigenvalue weighted by Gasteiger charge is -2.08. The Morgan fingerprint density at radius 2 is 2.17 bits per heavy atom. The second-order valence-electron chi connectivity index (χ2n) is 4.71. The van der Waals surface area contributed by atoms with E-state index < -0.39 is 0 Å². The highest BCUT2D eigenvalue weighted by molar-refractivity contribution is 6.31. The minimum absolute atomic E-state index is 0.0376. The Morgan fingerprint density at radius 3 is 2.89 bits per heavy atom. The number of aromatic nitrogens is 1. The van der Waals surface area contributed by atoms with Gasteiger partial charge in [0.15, 0.2) is 0 Å². The van der Waals surface area contributed by atoms with Crippen molar-refractivity contribution in [2.24, 2.45) is 0 Å². The zero-order valence-corrected chi connectivity index (χ0v) is 10.8. The second-order valence-corrected chi connectivity index (χ2v) is 5.14. The molecule has 0 bridgehead atoms. The molecule has 3 rings (SSSR count). The topological polar surface area (TPSA) is 42.0 Å². The van der Waals surface area contributed by atoms with Crippen molar-refractivity contribution < 1.29 is 4.79 Å². The molecule has 1 aliphatic rings. The van der Waals surface area contributed by atoms with Crippen LogP contribution in [0.3, 0.4) is 0 Å². The van der Waals surface area contributed by atoms with E-state index in [2.05, 4.69) is 10.3 Å². The smallest absolute Gasteiger partial charge is 0.253 e. The van der Waals surface area contributed by atoms with Crippen molar-refractivity contribution in [2.75, 3.05) is 0 Å². The molecule has 18 heavy (non-hydrogen) atoms. The van der Waals surface area contributed by atoms with Crippen LogP contribution in [0.5, 0.6) is 0 Å². The highest BCUT2D eigenvalue weighted by Gasteiger charge is 2.24. The third-order valence-electron chi connectivity index (χ3n) is 3.12. The Morgan fingerprint density at radius 1 is 1.39 bits per heavy atom. The number of amides is 1. The van der Waals surface area contributed by atoms with Gasteiger partial charge in [-0.15, -0.1) is 0 Å². The zero-order chi connectivity index (χ0) is 12.7. The maximum atomic E-state index is 12.1. The number of carbonyl (C=O) groups excluding carboxylic acids is 1. The van der Waals surface area contributed by atoms with E-state index in [-0.39, 0.29) is 5.91 Å². The Balaban J connectivity index is 2.04. The van der Waals surface area contributed by atoms with Gasteiger partial charge in [0.1, 0.15) is 0 Å². The van der Waals surface area contributed by atoms with Crippen LogP contribution in [0.4, 0.5) is 0 Å². The number of rotatable bonds is 2. The van der Waals surface area contributed by atoms with E-state index in [1.165, 1.54) is 0 Å². The van der Waals surface area contributed by atoms with Gasteiger partial charge in [0.05, 0.1) is 16.8 Å². The van der Waals surface area contributed by atoms with Crippen molar-refractivity contribution in [3.05, 3.63) is 40.5 Å². The van der Waals surface area contributed by atoms with Crippen LogP contribution in [0.1, 0.15) is 28.9 Å². The molecule has 1 aromatic carbocycles. The summed E-state index contributed by atoms with van der Waals surface area (Å²) in [7, 11) is 0. The zero-order valence-electron chi connectivity index (χ0n) is 10.0. The molecule has 0 unspecified atom stereocenters. The molecule has 1 saturated carbocycles. The molecule has 2 aromatic rings. The second kappa shape index (κ2) is 4.25. The fraction of sp³-hybridized carbons (Fsp3) is 0.286. The molecular formula is C14H13ClN2O. The lowest BCUT2D eigenvalue weighted by molar-refractivity contribution is 0.0950. The van der Waals surface area contributed by atoms with Crippen LogP contribution in [-0.4, -0.2) is 16.9 Å². The van der Waals surface area contributed by atoms with Crippen LogP contribution < -0.4 is 5.32 Å². The number of hydrogen-bond donors (Lipinski definition) is 1. The van der Waals surface area contributed by atoms with Crippen molar-refractivity contribution in [1.29, 1.82) is 0 Å².